The Kier molecular flexibility index (Phi) is 4.27. The maximum Gasteiger partial charge on any atom is 0.253 e. The number of hydrogen-bond acceptors (Lipinski definition) is 3. The van der Waals surface area contributed by atoms with Crippen LogP contribution in [0, 0.1) is 0 Å². The second kappa shape index (κ2) is 6.82. The highest BCUT2D eigenvalue weighted by Crippen LogP contribution is 2.37. The van der Waals surface area contributed by atoms with Gasteiger partial charge < -0.3 is 14.7 Å². The van der Waals surface area contributed by atoms with E-state index in [0.29, 0.717) is 19.5 Å². The van der Waals surface area contributed by atoms with E-state index in [0.717, 1.165) is 65.6 Å². The van der Waals surface area contributed by atoms with Crippen molar-refractivity contribution in [2.24, 2.45) is 0 Å². The molecule has 2 amide bonds. The van der Waals surface area contributed by atoms with Crippen LogP contribution in [0.1, 0.15) is 27.9 Å². The van der Waals surface area contributed by atoms with E-state index in [1.165, 1.54) is 0 Å². The summed E-state index contributed by atoms with van der Waals surface area (Å²) < 4.78 is 0. The number of hydrogen-bond donors (Lipinski definition) is 0. The number of aryl methyl sites for hydroxylation is 1. The predicted molar refractivity (Wildman–Crippen MR) is 110 cm³/mol. The van der Waals surface area contributed by atoms with Crippen molar-refractivity contribution in [3.05, 3.63) is 58.1 Å². The van der Waals surface area contributed by atoms with Crippen molar-refractivity contribution in [3.63, 3.8) is 0 Å². The number of carbonyl (C=O) groups excluding carboxylic acids is 2. The fourth-order valence-electron chi connectivity index (χ4n) is 4.63. The Hall–Kier alpha value is -2.53. The Bertz CT molecular complexity index is 966. The van der Waals surface area contributed by atoms with Gasteiger partial charge in [0.15, 0.2) is 0 Å². The number of piperazine rings is 1. The Morgan fingerprint density at radius 3 is 2.54 bits per heavy atom. The van der Waals surface area contributed by atoms with E-state index in [2.05, 4.69) is 11.0 Å². The number of carbonyl (C=O) groups is 2. The minimum absolute atomic E-state index is 0.0706. The van der Waals surface area contributed by atoms with E-state index in [-0.39, 0.29) is 11.8 Å². The Balaban J connectivity index is 1.33. The average Bonchev–Trinajstić information content (AvgIpc) is 3.04. The van der Waals surface area contributed by atoms with Crippen LogP contribution in [0.4, 0.5) is 11.4 Å². The number of anilines is 2. The van der Waals surface area contributed by atoms with Gasteiger partial charge in [0.25, 0.3) is 5.91 Å². The highest BCUT2D eigenvalue weighted by molar-refractivity contribution is 6.30. The zero-order chi connectivity index (χ0) is 19.3. The molecule has 0 aromatic heterocycles. The molecule has 0 N–H and O–H groups in total. The molecule has 0 bridgehead atoms. The van der Waals surface area contributed by atoms with Gasteiger partial charge in [-0.3, -0.25) is 9.59 Å². The molecule has 1 fully saturated rings. The Morgan fingerprint density at radius 1 is 0.964 bits per heavy atom. The van der Waals surface area contributed by atoms with Gasteiger partial charge in [0.2, 0.25) is 5.91 Å². The van der Waals surface area contributed by atoms with Crippen molar-refractivity contribution >= 4 is 34.8 Å². The summed E-state index contributed by atoms with van der Waals surface area (Å²) in [4.78, 5) is 31.5. The molecule has 3 aliphatic rings. The molecule has 3 heterocycles. The van der Waals surface area contributed by atoms with Crippen molar-refractivity contribution in [1.82, 2.24) is 4.90 Å². The summed E-state index contributed by atoms with van der Waals surface area (Å²) in [5, 5.41) is 0.728. The van der Waals surface area contributed by atoms with E-state index < -0.39 is 0 Å². The van der Waals surface area contributed by atoms with Crippen LogP contribution in [0.5, 0.6) is 0 Å². The molecule has 5 rings (SSSR count). The van der Waals surface area contributed by atoms with Crippen molar-refractivity contribution < 1.29 is 9.59 Å². The maximum atomic E-state index is 13.1. The normalized spacial score (nSPS) is 18.5. The molecule has 3 aliphatic heterocycles. The number of nitrogens with zero attached hydrogens (tertiary/aromatic N) is 3. The first-order chi connectivity index (χ1) is 13.6. The molecule has 0 unspecified atom stereocenters. The van der Waals surface area contributed by atoms with Gasteiger partial charge >= 0.3 is 0 Å². The lowest BCUT2D eigenvalue weighted by atomic mass is 9.96. The van der Waals surface area contributed by atoms with Gasteiger partial charge in [-0.1, -0.05) is 17.7 Å². The maximum absolute atomic E-state index is 13.1. The van der Waals surface area contributed by atoms with E-state index in [9.17, 15) is 9.59 Å². The van der Waals surface area contributed by atoms with E-state index in [1.807, 2.05) is 40.1 Å². The van der Waals surface area contributed by atoms with Crippen molar-refractivity contribution in [3.8, 4) is 0 Å². The van der Waals surface area contributed by atoms with Gasteiger partial charge in [-0.05, 0) is 54.3 Å². The zero-order valence-corrected chi connectivity index (χ0v) is 16.4. The van der Waals surface area contributed by atoms with Crippen molar-refractivity contribution in [1.29, 1.82) is 0 Å². The van der Waals surface area contributed by atoms with Crippen LogP contribution < -0.4 is 9.80 Å². The SMILES string of the molecule is O=C(c1cc2c3c(c1)CC(=O)N3CCC2)N1CCN(c2cccc(Cl)c2)CC1. The number of amides is 2. The van der Waals surface area contributed by atoms with Crippen LogP contribution in [0.3, 0.4) is 0 Å². The largest absolute Gasteiger partial charge is 0.368 e. The van der Waals surface area contributed by atoms with Crippen molar-refractivity contribution in [2.75, 3.05) is 42.5 Å². The van der Waals surface area contributed by atoms with Gasteiger partial charge in [0, 0.05) is 49.0 Å². The molecule has 0 saturated carbocycles. The number of benzene rings is 2. The van der Waals surface area contributed by atoms with Gasteiger partial charge in [0.05, 0.1) is 12.1 Å². The van der Waals surface area contributed by atoms with Crippen molar-refractivity contribution in [2.45, 2.75) is 19.3 Å². The number of rotatable bonds is 2. The summed E-state index contributed by atoms with van der Waals surface area (Å²) in [6, 6.07) is 11.8. The summed E-state index contributed by atoms with van der Waals surface area (Å²) in [5.74, 6) is 0.233. The summed E-state index contributed by atoms with van der Waals surface area (Å²) in [5.41, 5.74) is 5.05. The van der Waals surface area contributed by atoms with E-state index in [1.54, 1.807) is 0 Å². The number of halogens is 1. The van der Waals surface area contributed by atoms with Crippen LogP contribution in [-0.2, 0) is 17.6 Å². The molecule has 0 atom stereocenters. The van der Waals surface area contributed by atoms with Crippen LogP contribution in [-0.4, -0.2) is 49.4 Å². The van der Waals surface area contributed by atoms with E-state index in [4.69, 9.17) is 11.6 Å². The summed E-state index contributed by atoms with van der Waals surface area (Å²) >= 11 is 6.10. The van der Waals surface area contributed by atoms with Crippen LogP contribution in [0.15, 0.2) is 36.4 Å². The summed E-state index contributed by atoms with van der Waals surface area (Å²) in [7, 11) is 0. The molecule has 1 saturated heterocycles. The van der Waals surface area contributed by atoms with Crippen LogP contribution in [0.25, 0.3) is 0 Å². The molecule has 0 radical (unpaired) electrons. The topological polar surface area (TPSA) is 43.9 Å². The van der Waals surface area contributed by atoms with Gasteiger partial charge in [0.1, 0.15) is 0 Å². The second-order valence-electron chi connectivity index (χ2n) is 7.73. The molecule has 0 spiro atoms. The monoisotopic (exact) mass is 395 g/mol. The lowest BCUT2D eigenvalue weighted by Gasteiger charge is -2.36. The first-order valence-corrected chi connectivity index (χ1v) is 10.2. The highest BCUT2D eigenvalue weighted by atomic mass is 35.5. The fourth-order valence-corrected chi connectivity index (χ4v) is 4.81. The van der Waals surface area contributed by atoms with Gasteiger partial charge in [-0.2, -0.15) is 0 Å². The molecule has 28 heavy (non-hydrogen) atoms. The molecule has 2 aromatic carbocycles. The zero-order valence-electron chi connectivity index (χ0n) is 15.7. The first kappa shape index (κ1) is 17.6. The third kappa shape index (κ3) is 2.94. The molecule has 6 heteroatoms. The standard InChI is InChI=1S/C22H22ClN3O2/c23-18-4-1-5-19(14-18)24-7-9-25(10-8-24)22(28)17-11-15-3-2-6-26-20(27)13-16(12-17)21(15)26/h1,4-5,11-12,14H,2-3,6-10,13H2. The molecule has 144 valence electrons. The third-order valence-electron chi connectivity index (χ3n) is 6.00. The molecule has 5 nitrogen and oxygen atoms in total. The fraction of sp³-hybridized carbons (Fsp3) is 0.364. The minimum atomic E-state index is 0.0706. The Morgan fingerprint density at radius 2 is 1.75 bits per heavy atom. The van der Waals surface area contributed by atoms with E-state index >= 15 is 0 Å². The van der Waals surface area contributed by atoms with Crippen LogP contribution in [0.2, 0.25) is 5.02 Å². The summed E-state index contributed by atoms with van der Waals surface area (Å²) in [6.45, 7) is 3.75. The lowest BCUT2D eigenvalue weighted by Crippen LogP contribution is -2.48. The molecule has 0 aliphatic carbocycles. The molecular weight excluding hydrogens is 374 g/mol. The Labute approximate surface area is 169 Å². The minimum Gasteiger partial charge on any atom is -0.368 e. The van der Waals surface area contributed by atoms with Gasteiger partial charge in [-0.25, -0.2) is 0 Å². The smallest absolute Gasteiger partial charge is 0.253 e. The predicted octanol–water partition coefficient (Wildman–Crippen LogP) is 3.14. The lowest BCUT2D eigenvalue weighted by molar-refractivity contribution is -0.117. The third-order valence-corrected chi connectivity index (χ3v) is 6.23. The molecule has 2 aromatic rings. The van der Waals surface area contributed by atoms with Gasteiger partial charge in [-0.15, -0.1) is 0 Å². The molecular formula is C22H22ClN3O2. The quantitative estimate of drug-likeness (QED) is 0.784. The first-order valence-electron chi connectivity index (χ1n) is 9.86. The summed E-state index contributed by atoms with van der Waals surface area (Å²) in [6.07, 6.45) is 2.33. The second-order valence-corrected chi connectivity index (χ2v) is 8.16. The highest BCUT2D eigenvalue weighted by Gasteiger charge is 2.33. The average molecular weight is 396 g/mol. The van der Waals surface area contributed by atoms with Crippen LogP contribution >= 0.6 is 11.6 Å².